The number of carbonyl (C=O) groups excluding carboxylic acids is 1. The zero-order chi connectivity index (χ0) is 19.8. The lowest BCUT2D eigenvalue weighted by atomic mass is 9.87. The van der Waals surface area contributed by atoms with Crippen LogP contribution in [0.25, 0.3) is 0 Å². The molecule has 3 aliphatic rings. The van der Waals surface area contributed by atoms with Gasteiger partial charge in [-0.05, 0) is 48.2 Å². The number of fused-ring (bicyclic) bond motifs is 1. The molecule has 1 amide bonds. The number of carbonyl (C=O) groups is 1. The number of morpholine rings is 1. The highest BCUT2D eigenvalue weighted by molar-refractivity contribution is 5.95. The van der Waals surface area contributed by atoms with Gasteiger partial charge in [0.1, 0.15) is 0 Å². The lowest BCUT2D eigenvalue weighted by Crippen LogP contribution is -2.36. The highest BCUT2D eigenvalue weighted by Crippen LogP contribution is 2.44. The summed E-state index contributed by atoms with van der Waals surface area (Å²) in [5.74, 6) is 1.19. The minimum Gasteiger partial charge on any atom is -0.378 e. The van der Waals surface area contributed by atoms with Gasteiger partial charge in [0.05, 0.1) is 19.3 Å². The molecule has 0 aliphatic carbocycles. The summed E-state index contributed by atoms with van der Waals surface area (Å²) in [6, 6.07) is 16.8. The number of halogens is 1. The van der Waals surface area contributed by atoms with Crippen LogP contribution in [0.1, 0.15) is 27.5 Å². The first kappa shape index (κ1) is 21.2. The smallest absolute Gasteiger partial charge is 0.254 e. The van der Waals surface area contributed by atoms with E-state index in [1.165, 1.54) is 16.8 Å². The molecule has 3 saturated heterocycles. The van der Waals surface area contributed by atoms with E-state index >= 15 is 0 Å². The zero-order valence-electron chi connectivity index (χ0n) is 17.4. The normalized spacial score (nSPS) is 25.7. The van der Waals surface area contributed by atoms with Crippen molar-refractivity contribution < 1.29 is 9.53 Å². The van der Waals surface area contributed by atoms with Crippen molar-refractivity contribution in [1.29, 1.82) is 0 Å². The van der Waals surface area contributed by atoms with Crippen molar-refractivity contribution in [3.63, 3.8) is 0 Å². The lowest BCUT2D eigenvalue weighted by molar-refractivity contribution is 0.0713. The van der Waals surface area contributed by atoms with E-state index in [0.717, 1.165) is 51.5 Å². The number of anilines is 1. The van der Waals surface area contributed by atoms with E-state index in [2.05, 4.69) is 58.4 Å². The summed E-state index contributed by atoms with van der Waals surface area (Å²) in [5, 5.41) is 3.53. The van der Waals surface area contributed by atoms with Crippen LogP contribution >= 0.6 is 12.4 Å². The number of hydrogen-bond acceptors (Lipinski definition) is 4. The minimum atomic E-state index is 0. The monoisotopic (exact) mass is 427 g/mol. The zero-order valence-corrected chi connectivity index (χ0v) is 18.2. The number of hydrogen-bond donors (Lipinski definition) is 1. The molecule has 5 rings (SSSR count). The van der Waals surface area contributed by atoms with Crippen LogP contribution in [-0.4, -0.2) is 56.7 Å². The van der Waals surface area contributed by atoms with Gasteiger partial charge in [-0.1, -0.05) is 24.3 Å². The molecule has 30 heavy (non-hydrogen) atoms. The number of likely N-dealkylation sites (tertiary alicyclic amines) is 1. The second-order valence-corrected chi connectivity index (χ2v) is 8.49. The topological polar surface area (TPSA) is 44.8 Å². The van der Waals surface area contributed by atoms with Crippen molar-refractivity contribution in [3.05, 3.63) is 65.2 Å². The van der Waals surface area contributed by atoms with E-state index in [9.17, 15) is 4.79 Å². The van der Waals surface area contributed by atoms with Crippen LogP contribution in [0, 0.1) is 18.8 Å². The van der Waals surface area contributed by atoms with E-state index in [-0.39, 0.29) is 24.4 Å². The Morgan fingerprint density at radius 3 is 2.50 bits per heavy atom. The Morgan fingerprint density at radius 1 is 1.03 bits per heavy atom. The molecular formula is C24H30ClN3O2. The molecule has 0 aromatic heterocycles. The summed E-state index contributed by atoms with van der Waals surface area (Å²) in [4.78, 5) is 18.0. The average molecular weight is 428 g/mol. The van der Waals surface area contributed by atoms with Crippen molar-refractivity contribution in [2.75, 3.05) is 50.8 Å². The van der Waals surface area contributed by atoms with Crippen molar-refractivity contribution in [1.82, 2.24) is 10.2 Å². The summed E-state index contributed by atoms with van der Waals surface area (Å²) < 4.78 is 5.44. The molecule has 0 bridgehead atoms. The number of rotatable bonds is 3. The summed E-state index contributed by atoms with van der Waals surface area (Å²) >= 11 is 0. The number of amides is 1. The van der Waals surface area contributed by atoms with Gasteiger partial charge >= 0.3 is 0 Å². The Kier molecular flexibility index (Phi) is 6.32. The number of ether oxygens (including phenoxy) is 1. The van der Waals surface area contributed by atoms with Crippen LogP contribution in [0.15, 0.2) is 48.5 Å². The van der Waals surface area contributed by atoms with Gasteiger partial charge in [0, 0.05) is 49.9 Å². The Hall–Kier alpha value is -2.08. The largest absolute Gasteiger partial charge is 0.378 e. The Labute approximate surface area is 184 Å². The first-order valence-electron chi connectivity index (χ1n) is 10.7. The van der Waals surface area contributed by atoms with Crippen molar-refractivity contribution in [2.45, 2.75) is 13.0 Å². The van der Waals surface area contributed by atoms with E-state index < -0.39 is 0 Å². The molecule has 5 nitrogen and oxygen atoms in total. The third kappa shape index (κ3) is 3.82. The van der Waals surface area contributed by atoms with Gasteiger partial charge in [-0.25, -0.2) is 0 Å². The third-order valence-electron chi connectivity index (χ3n) is 6.82. The van der Waals surface area contributed by atoms with E-state index in [0.29, 0.717) is 11.8 Å². The van der Waals surface area contributed by atoms with Gasteiger partial charge in [-0.2, -0.15) is 0 Å². The molecule has 0 radical (unpaired) electrons. The van der Waals surface area contributed by atoms with Crippen LogP contribution in [0.3, 0.4) is 0 Å². The van der Waals surface area contributed by atoms with Gasteiger partial charge < -0.3 is 19.9 Å². The number of nitrogens with zero attached hydrogens (tertiary/aromatic N) is 2. The Bertz CT molecular complexity index is 882. The Balaban J connectivity index is 0.00000218. The van der Waals surface area contributed by atoms with Gasteiger partial charge in [-0.15, -0.1) is 12.4 Å². The average Bonchev–Trinajstić information content (AvgIpc) is 3.36. The summed E-state index contributed by atoms with van der Waals surface area (Å²) in [7, 11) is 0. The van der Waals surface area contributed by atoms with Crippen LogP contribution in [0.5, 0.6) is 0 Å². The quantitative estimate of drug-likeness (QED) is 0.816. The molecule has 0 unspecified atom stereocenters. The standard InChI is InChI=1S/C24H29N3O2.ClH/c1-17-4-2-3-5-21(17)23-22-15-25-14-19(22)16-27(23)24(28)18-6-8-20(9-7-18)26-10-12-29-13-11-26;/h2-9,19,22-23,25H,10-16H2,1H3;1H/t19-,22-,23-;/m0./s1. The molecule has 2 aromatic rings. The molecule has 6 heteroatoms. The SMILES string of the molecule is Cc1ccccc1[C@H]1[C@H]2CNC[C@H]2CN1C(=O)c1ccc(N2CCOCC2)cc1.Cl. The van der Waals surface area contributed by atoms with Gasteiger partial charge in [0.15, 0.2) is 0 Å². The third-order valence-corrected chi connectivity index (χ3v) is 6.82. The highest BCUT2D eigenvalue weighted by atomic mass is 35.5. The number of nitrogens with one attached hydrogen (secondary N) is 1. The fourth-order valence-corrected chi connectivity index (χ4v) is 5.25. The predicted octanol–water partition coefficient (Wildman–Crippen LogP) is 3.29. The van der Waals surface area contributed by atoms with E-state index in [1.54, 1.807) is 0 Å². The fraction of sp³-hybridized carbons (Fsp3) is 0.458. The summed E-state index contributed by atoms with van der Waals surface area (Å²) in [5.41, 5.74) is 4.52. The van der Waals surface area contributed by atoms with Crippen molar-refractivity contribution >= 4 is 24.0 Å². The van der Waals surface area contributed by atoms with Crippen LogP contribution < -0.4 is 10.2 Å². The van der Waals surface area contributed by atoms with E-state index in [4.69, 9.17) is 4.74 Å². The lowest BCUT2D eigenvalue weighted by Gasteiger charge is -2.30. The molecule has 3 fully saturated rings. The molecular weight excluding hydrogens is 398 g/mol. The molecule has 160 valence electrons. The first-order valence-corrected chi connectivity index (χ1v) is 10.7. The maximum Gasteiger partial charge on any atom is 0.254 e. The fourth-order valence-electron chi connectivity index (χ4n) is 5.25. The van der Waals surface area contributed by atoms with E-state index in [1.807, 2.05) is 12.1 Å². The molecule has 1 N–H and O–H groups in total. The molecule has 3 heterocycles. The summed E-state index contributed by atoms with van der Waals surface area (Å²) in [6.07, 6.45) is 0. The summed E-state index contributed by atoms with van der Waals surface area (Å²) in [6.45, 7) is 8.34. The number of aryl methyl sites for hydroxylation is 1. The number of benzene rings is 2. The maximum absolute atomic E-state index is 13.5. The van der Waals surface area contributed by atoms with Crippen LogP contribution in [0.2, 0.25) is 0 Å². The van der Waals surface area contributed by atoms with Gasteiger partial charge in [0.2, 0.25) is 0 Å². The second-order valence-electron chi connectivity index (χ2n) is 8.49. The molecule has 0 spiro atoms. The highest BCUT2D eigenvalue weighted by Gasteiger charge is 2.47. The second kappa shape index (κ2) is 8.96. The van der Waals surface area contributed by atoms with Crippen molar-refractivity contribution in [2.24, 2.45) is 11.8 Å². The maximum atomic E-state index is 13.5. The Morgan fingerprint density at radius 2 is 1.77 bits per heavy atom. The minimum absolute atomic E-state index is 0. The van der Waals surface area contributed by atoms with Crippen LogP contribution in [-0.2, 0) is 4.74 Å². The molecule has 2 aromatic carbocycles. The van der Waals surface area contributed by atoms with Crippen molar-refractivity contribution in [3.8, 4) is 0 Å². The predicted molar refractivity (Wildman–Crippen MR) is 122 cm³/mol. The van der Waals surface area contributed by atoms with Crippen LogP contribution in [0.4, 0.5) is 5.69 Å². The van der Waals surface area contributed by atoms with Gasteiger partial charge in [0.25, 0.3) is 5.91 Å². The molecule has 3 atom stereocenters. The molecule has 3 aliphatic heterocycles. The van der Waals surface area contributed by atoms with Gasteiger partial charge in [-0.3, -0.25) is 4.79 Å². The molecule has 0 saturated carbocycles. The first-order chi connectivity index (χ1) is 14.2.